The van der Waals surface area contributed by atoms with E-state index in [0.717, 1.165) is 39.5 Å². The molecular weight excluding hydrogens is 302 g/mol. The van der Waals surface area contributed by atoms with Crippen LogP contribution in [0.4, 0.5) is 5.69 Å². The third kappa shape index (κ3) is 2.62. The van der Waals surface area contributed by atoms with Gasteiger partial charge in [0.1, 0.15) is 12.0 Å². The predicted octanol–water partition coefficient (Wildman–Crippen LogP) is 3.61. The van der Waals surface area contributed by atoms with E-state index in [1.807, 2.05) is 54.9 Å². The number of rotatable bonds is 4. The highest BCUT2D eigenvalue weighted by Crippen LogP contribution is 2.20. The van der Waals surface area contributed by atoms with E-state index in [1.54, 1.807) is 6.26 Å². The van der Waals surface area contributed by atoms with Gasteiger partial charge in [0.2, 0.25) is 0 Å². The first-order chi connectivity index (χ1) is 11.7. The molecule has 1 N–H and O–H groups in total. The van der Waals surface area contributed by atoms with Gasteiger partial charge in [0.05, 0.1) is 6.20 Å². The Kier molecular flexibility index (Phi) is 3.49. The smallest absolute Gasteiger partial charge is 0.181 e. The molecule has 0 amide bonds. The number of hydrogen-bond donors (Lipinski definition) is 1. The second-order valence-electron chi connectivity index (χ2n) is 5.75. The third-order valence-electron chi connectivity index (χ3n) is 3.95. The summed E-state index contributed by atoms with van der Waals surface area (Å²) >= 11 is 0. The summed E-state index contributed by atoms with van der Waals surface area (Å²) in [5.74, 6) is 0. The average Bonchev–Trinajstić information content (AvgIpc) is 3.23. The van der Waals surface area contributed by atoms with E-state index in [1.165, 1.54) is 6.39 Å². The van der Waals surface area contributed by atoms with Crippen molar-refractivity contribution in [3.8, 4) is 11.3 Å². The predicted molar refractivity (Wildman–Crippen MR) is 91.7 cm³/mol. The molecule has 3 aromatic heterocycles. The summed E-state index contributed by atoms with van der Waals surface area (Å²) in [6.45, 7) is 4.71. The summed E-state index contributed by atoms with van der Waals surface area (Å²) in [4.78, 5) is 8.75. The van der Waals surface area contributed by atoms with Gasteiger partial charge in [-0.3, -0.25) is 0 Å². The van der Waals surface area contributed by atoms with Gasteiger partial charge in [-0.05, 0) is 32.0 Å². The van der Waals surface area contributed by atoms with Crippen LogP contribution < -0.4 is 5.32 Å². The maximum absolute atomic E-state index is 5.01. The molecule has 24 heavy (non-hydrogen) atoms. The number of nitrogens with one attached hydrogen (secondary N) is 1. The van der Waals surface area contributed by atoms with Crippen molar-refractivity contribution in [2.24, 2.45) is 0 Å². The Labute approximate surface area is 139 Å². The zero-order chi connectivity index (χ0) is 16.5. The summed E-state index contributed by atoms with van der Waals surface area (Å²) < 4.78 is 6.89. The SMILES string of the molecule is Cc1cc(C)n2ncc(CNc3ccc(-c4cocn4)cc3)c2n1. The maximum Gasteiger partial charge on any atom is 0.181 e. The Hall–Kier alpha value is -3.15. The molecule has 0 aliphatic carbocycles. The van der Waals surface area contributed by atoms with E-state index in [0.29, 0.717) is 6.54 Å². The lowest BCUT2D eigenvalue weighted by atomic mass is 10.1. The van der Waals surface area contributed by atoms with Gasteiger partial charge in [0.15, 0.2) is 12.0 Å². The molecule has 120 valence electrons. The number of anilines is 1. The Bertz CT molecular complexity index is 971. The summed E-state index contributed by atoms with van der Waals surface area (Å²) in [6, 6.07) is 10.1. The fourth-order valence-electron chi connectivity index (χ4n) is 2.75. The summed E-state index contributed by atoms with van der Waals surface area (Å²) in [7, 11) is 0. The minimum atomic E-state index is 0.669. The van der Waals surface area contributed by atoms with Crippen LogP contribution in [0.2, 0.25) is 0 Å². The molecule has 0 aliphatic heterocycles. The fraction of sp³-hybridized carbons (Fsp3) is 0.167. The van der Waals surface area contributed by atoms with Gasteiger partial charge >= 0.3 is 0 Å². The zero-order valence-electron chi connectivity index (χ0n) is 13.5. The van der Waals surface area contributed by atoms with Crippen molar-refractivity contribution in [2.75, 3.05) is 5.32 Å². The molecule has 6 heteroatoms. The molecular formula is C18H17N5O. The molecule has 0 saturated heterocycles. The molecule has 0 bridgehead atoms. The first kappa shape index (κ1) is 14.4. The number of nitrogens with zero attached hydrogens (tertiary/aromatic N) is 4. The number of benzene rings is 1. The van der Waals surface area contributed by atoms with E-state index in [-0.39, 0.29) is 0 Å². The van der Waals surface area contributed by atoms with E-state index in [2.05, 4.69) is 20.4 Å². The molecule has 4 aromatic rings. The van der Waals surface area contributed by atoms with Gasteiger partial charge in [-0.15, -0.1) is 0 Å². The van der Waals surface area contributed by atoms with Gasteiger partial charge in [-0.2, -0.15) is 5.10 Å². The Morgan fingerprint density at radius 1 is 1.17 bits per heavy atom. The van der Waals surface area contributed by atoms with E-state index in [4.69, 9.17) is 4.42 Å². The molecule has 0 fully saturated rings. The van der Waals surface area contributed by atoms with E-state index in [9.17, 15) is 0 Å². The third-order valence-corrected chi connectivity index (χ3v) is 3.95. The lowest BCUT2D eigenvalue weighted by molar-refractivity contribution is 0.558. The molecule has 0 radical (unpaired) electrons. The Morgan fingerprint density at radius 2 is 2.00 bits per heavy atom. The van der Waals surface area contributed by atoms with Crippen LogP contribution in [-0.4, -0.2) is 19.6 Å². The van der Waals surface area contributed by atoms with Crippen molar-refractivity contribution in [3.63, 3.8) is 0 Å². The van der Waals surface area contributed by atoms with Crippen LogP contribution in [0.1, 0.15) is 17.0 Å². The summed E-state index contributed by atoms with van der Waals surface area (Å²) in [5.41, 5.74) is 6.95. The normalized spacial score (nSPS) is 11.1. The van der Waals surface area contributed by atoms with Crippen molar-refractivity contribution in [3.05, 3.63) is 66.1 Å². The Morgan fingerprint density at radius 3 is 2.75 bits per heavy atom. The molecule has 0 saturated carbocycles. The first-order valence-corrected chi connectivity index (χ1v) is 7.74. The largest absolute Gasteiger partial charge is 0.451 e. The van der Waals surface area contributed by atoms with Crippen molar-refractivity contribution < 1.29 is 4.42 Å². The van der Waals surface area contributed by atoms with Crippen LogP contribution in [0.25, 0.3) is 16.9 Å². The molecule has 0 unspecified atom stereocenters. The lowest BCUT2D eigenvalue weighted by Crippen LogP contribution is -2.02. The van der Waals surface area contributed by atoms with Crippen LogP contribution >= 0.6 is 0 Å². The number of oxazole rings is 1. The molecule has 1 aromatic carbocycles. The van der Waals surface area contributed by atoms with Crippen molar-refractivity contribution in [1.29, 1.82) is 0 Å². The average molecular weight is 319 g/mol. The topological polar surface area (TPSA) is 68.2 Å². The summed E-state index contributed by atoms with van der Waals surface area (Å²) in [6.07, 6.45) is 4.94. The lowest BCUT2D eigenvalue weighted by Gasteiger charge is -2.07. The van der Waals surface area contributed by atoms with Gasteiger partial charge in [0, 0.05) is 34.7 Å². The molecule has 4 rings (SSSR count). The molecule has 0 aliphatic rings. The van der Waals surface area contributed by atoms with Crippen LogP contribution in [0.3, 0.4) is 0 Å². The monoisotopic (exact) mass is 319 g/mol. The van der Waals surface area contributed by atoms with Crippen LogP contribution in [0.15, 0.2) is 53.6 Å². The standard InChI is InChI=1S/C18H17N5O/c1-12-7-13(2)23-18(22-12)15(9-21-23)8-19-16-5-3-14(4-6-16)17-10-24-11-20-17/h3-7,9-11,19H,8H2,1-2H3. The van der Waals surface area contributed by atoms with Gasteiger partial charge in [-0.25, -0.2) is 14.5 Å². The van der Waals surface area contributed by atoms with Crippen LogP contribution in [-0.2, 0) is 6.54 Å². The van der Waals surface area contributed by atoms with Crippen LogP contribution in [0.5, 0.6) is 0 Å². The highest BCUT2D eigenvalue weighted by atomic mass is 16.3. The van der Waals surface area contributed by atoms with E-state index < -0.39 is 0 Å². The maximum atomic E-state index is 5.01. The summed E-state index contributed by atoms with van der Waals surface area (Å²) in [5, 5.41) is 7.83. The quantitative estimate of drug-likeness (QED) is 0.622. The van der Waals surface area contributed by atoms with E-state index >= 15 is 0 Å². The first-order valence-electron chi connectivity index (χ1n) is 7.74. The zero-order valence-corrected chi connectivity index (χ0v) is 13.5. The molecule has 6 nitrogen and oxygen atoms in total. The van der Waals surface area contributed by atoms with Gasteiger partial charge in [-0.1, -0.05) is 12.1 Å². The molecule has 0 spiro atoms. The second-order valence-corrected chi connectivity index (χ2v) is 5.75. The highest BCUT2D eigenvalue weighted by Gasteiger charge is 2.08. The minimum Gasteiger partial charge on any atom is -0.451 e. The Balaban J connectivity index is 1.53. The number of hydrogen-bond acceptors (Lipinski definition) is 5. The van der Waals surface area contributed by atoms with Crippen LogP contribution in [0, 0.1) is 13.8 Å². The second kappa shape index (κ2) is 5.81. The number of fused-ring (bicyclic) bond motifs is 1. The molecule has 0 atom stereocenters. The van der Waals surface area contributed by atoms with Crippen molar-refractivity contribution >= 4 is 11.3 Å². The number of aromatic nitrogens is 4. The highest BCUT2D eigenvalue weighted by molar-refractivity contribution is 5.62. The van der Waals surface area contributed by atoms with Gasteiger partial charge in [0.25, 0.3) is 0 Å². The number of aryl methyl sites for hydroxylation is 2. The minimum absolute atomic E-state index is 0.669. The van der Waals surface area contributed by atoms with Crippen molar-refractivity contribution in [2.45, 2.75) is 20.4 Å². The van der Waals surface area contributed by atoms with Gasteiger partial charge < -0.3 is 9.73 Å². The van der Waals surface area contributed by atoms with Crippen molar-refractivity contribution in [1.82, 2.24) is 19.6 Å². The fourth-order valence-corrected chi connectivity index (χ4v) is 2.75. The molecule has 3 heterocycles.